The van der Waals surface area contributed by atoms with Crippen LogP contribution < -0.4 is 16.0 Å². The quantitative estimate of drug-likeness (QED) is 0.852. The summed E-state index contributed by atoms with van der Waals surface area (Å²) in [6.07, 6.45) is 0. The number of nitrogens with one attached hydrogen (secondary N) is 1. The number of benzene rings is 2. The van der Waals surface area contributed by atoms with Gasteiger partial charge in [-0.15, -0.1) is 0 Å². The zero-order valence-electron chi connectivity index (χ0n) is 11.7. The maximum Gasteiger partial charge on any atom is 0.0642 e. The summed E-state index contributed by atoms with van der Waals surface area (Å²) in [6, 6.07) is 13.7. The van der Waals surface area contributed by atoms with E-state index in [1.165, 1.54) is 5.69 Å². The Labute approximate surface area is 129 Å². The van der Waals surface area contributed by atoms with Gasteiger partial charge in [-0.2, -0.15) is 0 Å². The monoisotopic (exact) mass is 303 g/mol. The van der Waals surface area contributed by atoms with Gasteiger partial charge in [-0.25, -0.2) is 0 Å². The second-order valence-electron chi connectivity index (χ2n) is 5.00. The van der Waals surface area contributed by atoms with Crippen LogP contribution >= 0.6 is 11.6 Å². The van der Waals surface area contributed by atoms with Gasteiger partial charge in [-0.05, 0) is 42.5 Å². The van der Waals surface area contributed by atoms with Crippen molar-refractivity contribution in [1.29, 1.82) is 0 Å². The van der Waals surface area contributed by atoms with E-state index >= 15 is 0 Å². The summed E-state index contributed by atoms with van der Waals surface area (Å²) in [6.45, 7) is 3.46. The van der Waals surface area contributed by atoms with E-state index in [0.29, 0.717) is 10.7 Å². The highest BCUT2D eigenvalue weighted by atomic mass is 35.5. The van der Waals surface area contributed by atoms with Crippen molar-refractivity contribution in [2.24, 2.45) is 0 Å². The number of nitrogen functional groups attached to an aromatic ring is 1. The Bertz CT molecular complexity index is 609. The molecule has 0 saturated carbocycles. The highest BCUT2D eigenvalue weighted by Gasteiger charge is 2.10. The first-order valence-electron chi connectivity index (χ1n) is 6.97. The van der Waals surface area contributed by atoms with Crippen LogP contribution in [-0.4, -0.2) is 26.3 Å². The number of anilines is 4. The third-order valence-corrected chi connectivity index (χ3v) is 3.77. The SMILES string of the molecule is Nc1ccc(Cl)cc1Nc1ccc(N2CCOCC2)cc1. The predicted molar refractivity (Wildman–Crippen MR) is 88.6 cm³/mol. The minimum absolute atomic E-state index is 0.664. The molecule has 1 fully saturated rings. The lowest BCUT2D eigenvalue weighted by atomic mass is 10.2. The molecule has 0 unspecified atom stereocenters. The maximum atomic E-state index is 6.00. The van der Waals surface area contributed by atoms with Crippen molar-refractivity contribution in [2.45, 2.75) is 0 Å². The Morgan fingerprint density at radius 1 is 1.05 bits per heavy atom. The Kier molecular flexibility index (Phi) is 4.18. The molecule has 1 aliphatic rings. The standard InChI is InChI=1S/C16H18ClN3O/c17-12-1-6-15(18)16(11-12)19-13-2-4-14(5-3-13)20-7-9-21-10-8-20/h1-6,11,19H,7-10,18H2. The van der Waals surface area contributed by atoms with Crippen LogP contribution in [0.5, 0.6) is 0 Å². The van der Waals surface area contributed by atoms with E-state index in [0.717, 1.165) is 37.7 Å². The van der Waals surface area contributed by atoms with Crippen LogP contribution in [-0.2, 0) is 4.74 Å². The summed E-state index contributed by atoms with van der Waals surface area (Å²) in [7, 11) is 0. The van der Waals surface area contributed by atoms with Gasteiger partial charge in [-0.1, -0.05) is 11.6 Å². The first kappa shape index (κ1) is 14.0. The van der Waals surface area contributed by atoms with E-state index < -0.39 is 0 Å². The average molecular weight is 304 g/mol. The van der Waals surface area contributed by atoms with E-state index in [1.807, 2.05) is 18.2 Å². The highest BCUT2D eigenvalue weighted by molar-refractivity contribution is 6.31. The molecule has 2 aromatic rings. The molecule has 3 N–H and O–H groups in total. The average Bonchev–Trinajstić information content (AvgIpc) is 2.53. The van der Waals surface area contributed by atoms with Crippen molar-refractivity contribution in [3.8, 4) is 0 Å². The van der Waals surface area contributed by atoms with Gasteiger partial charge in [-0.3, -0.25) is 0 Å². The van der Waals surface area contributed by atoms with Crippen molar-refractivity contribution in [1.82, 2.24) is 0 Å². The number of nitrogens with zero attached hydrogens (tertiary/aromatic N) is 1. The molecule has 0 radical (unpaired) electrons. The molecule has 0 aliphatic carbocycles. The normalized spacial score (nSPS) is 15.0. The Morgan fingerprint density at radius 2 is 1.76 bits per heavy atom. The van der Waals surface area contributed by atoms with E-state index in [9.17, 15) is 0 Å². The number of rotatable bonds is 3. The van der Waals surface area contributed by atoms with Crippen LogP contribution in [0.2, 0.25) is 5.02 Å². The third kappa shape index (κ3) is 3.40. The van der Waals surface area contributed by atoms with Gasteiger partial charge in [0.1, 0.15) is 0 Å². The summed E-state index contributed by atoms with van der Waals surface area (Å²) >= 11 is 6.00. The van der Waals surface area contributed by atoms with Crippen LogP contribution in [0.3, 0.4) is 0 Å². The molecular formula is C16H18ClN3O. The molecule has 0 bridgehead atoms. The molecule has 0 atom stereocenters. The van der Waals surface area contributed by atoms with E-state index in [2.05, 4.69) is 22.3 Å². The molecule has 1 heterocycles. The van der Waals surface area contributed by atoms with Crippen molar-refractivity contribution in [3.05, 3.63) is 47.5 Å². The topological polar surface area (TPSA) is 50.5 Å². The summed E-state index contributed by atoms with van der Waals surface area (Å²) in [5.74, 6) is 0. The van der Waals surface area contributed by atoms with Crippen LogP contribution in [0, 0.1) is 0 Å². The van der Waals surface area contributed by atoms with Gasteiger partial charge in [0.25, 0.3) is 0 Å². The van der Waals surface area contributed by atoms with E-state index in [4.69, 9.17) is 22.1 Å². The fourth-order valence-corrected chi connectivity index (χ4v) is 2.54. The zero-order chi connectivity index (χ0) is 14.7. The third-order valence-electron chi connectivity index (χ3n) is 3.54. The van der Waals surface area contributed by atoms with Crippen molar-refractivity contribution in [2.75, 3.05) is 42.3 Å². The van der Waals surface area contributed by atoms with Gasteiger partial charge < -0.3 is 20.7 Å². The number of hydrogen-bond acceptors (Lipinski definition) is 4. The molecule has 1 aliphatic heterocycles. The van der Waals surface area contributed by atoms with Gasteiger partial charge in [0.05, 0.1) is 24.6 Å². The fraction of sp³-hybridized carbons (Fsp3) is 0.250. The Balaban J connectivity index is 1.73. The summed E-state index contributed by atoms with van der Waals surface area (Å²) in [5.41, 5.74) is 9.64. The van der Waals surface area contributed by atoms with Crippen LogP contribution in [0.4, 0.5) is 22.7 Å². The number of morpholine rings is 1. The molecular weight excluding hydrogens is 286 g/mol. The van der Waals surface area contributed by atoms with Gasteiger partial charge in [0, 0.05) is 29.5 Å². The molecule has 4 nitrogen and oxygen atoms in total. The molecule has 1 saturated heterocycles. The van der Waals surface area contributed by atoms with Crippen molar-refractivity contribution < 1.29 is 4.74 Å². The number of hydrogen-bond donors (Lipinski definition) is 2. The predicted octanol–water partition coefficient (Wildman–Crippen LogP) is 3.50. The van der Waals surface area contributed by atoms with Gasteiger partial charge in [0.2, 0.25) is 0 Å². The second-order valence-corrected chi connectivity index (χ2v) is 5.44. The zero-order valence-corrected chi connectivity index (χ0v) is 12.4. The summed E-state index contributed by atoms with van der Waals surface area (Å²) in [4.78, 5) is 2.32. The Morgan fingerprint density at radius 3 is 2.48 bits per heavy atom. The van der Waals surface area contributed by atoms with Crippen molar-refractivity contribution >= 4 is 34.4 Å². The van der Waals surface area contributed by atoms with Crippen LogP contribution in [0.15, 0.2) is 42.5 Å². The molecule has 0 amide bonds. The molecule has 110 valence electrons. The number of halogens is 1. The highest BCUT2D eigenvalue weighted by Crippen LogP contribution is 2.27. The van der Waals surface area contributed by atoms with Crippen LogP contribution in [0.1, 0.15) is 0 Å². The Hall–Kier alpha value is -1.91. The van der Waals surface area contributed by atoms with Crippen LogP contribution in [0.25, 0.3) is 0 Å². The fourth-order valence-electron chi connectivity index (χ4n) is 2.37. The van der Waals surface area contributed by atoms with Gasteiger partial charge in [0.15, 0.2) is 0 Å². The number of nitrogens with two attached hydrogens (primary N) is 1. The minimum Gasteiger partial charge on any atom is -0.397 e. The lowest BCUT2D eigenvalue weighted by Gasteiger charge is -2.29. The lowest BCUT2D eigenvalue weighted by Crippen LogP contribution is -2.36. The second kappa shape index (κ2) is 6.24. The molecule has 0 aromatic heterocycles. The lowest BCUT2D eigenvalue weighted by molar-refractivity contribution is 0.122. The maximum absolute atomic E-state index is 6.00. The smallest absolute Gasteiger partial charge is 0.0642 e. The molecule has 5 heteroatoms. The molecule has 21 heavy (non-hydrogen) atoms. The summed E-state index contributed by atoms with van der Waals surface area (Å²) < 4.78 is 5.37. The summed E-state index contributed by atoms with van der Waals surface area (Å²) in [5, 5.41) is 3.95. The van der Waals surface area contributed by atoms with E-state index in [-0.39, 0.29) is 0 Å². The molecule has 2 aromatic carbocycles. The first-order chi connectivity index (χ1) is 10.2. The van der Waals surface area contributed by atoms with E-state index in [1.54, 1.807) is 12.1 Å². The minimum atomic E-state index is 0.664. The van der Waals surface area contributed by atoms with Crippen molar-refractivity contribution in [3.63, 3.8) is 0 Å². The van der Waals surface area contributed by atoms with Gasteiger partial charge >= 0.3 is 0 Å². The molecule has 0 spiro atoms. The molecule has 3 rings (SSSR count). The largest absolute Gasteiger partial charge is 0.397 e. The number of ether oxygens (including phenoxy) is 1. The first-order valence-corrected chi connectivity index (χ1v) is 7.35.